The highest BCUT2D eigenvalue weighted by atomic mass is 35.5. The van der Waals surface area contributed by atoms with Crippen molar-refractivity contribution in [1.82, 2.24) is 0 Å². The summed E-state index contributed by atoms with van der Waals surface area (Å²) in [5.41, 5.74) is 0.571. The molecule has 0 fully saturated rings. The monoisotopic (exact) mass is 354 g/mol. The molecule has 1 aromatic rings. The first-order valence-corrected chi connectivity index (χ1v) is 7.41. The van der Waals surface area contributed by atoms with Gasteiger partial charge >= 0.3 is 11.9 Å². The standard InChI is InChI=1S/C16H19ClN2O5/c1-9(2)15(21)19-11-6-5-10(17)7-12(11)18-13(16(22)24-4)8-14(20)23-3/h5-9,18H,1-4H3,(H,19,21)/b13-8+. The van der Waals surface area contributed by atoms with Crippen LogP contribution in [0.2, 0.25) is 5.02 Å². The Bertz CT molecular complexity index is 670. The van der Waals surface area contributed by atoms with Gasteiger partial charge in [0, 0.05) is 10.9 Å². The van der Waals surface area contributed by atoms with E-state index in [2.05, 4.69) is 20.1 Å². The topological polar surface area (TPSA) is 93.7 Å². The van der Waals surface area contributed by atoms with Crippen LogP contribution >= 0.6 is 11.6 Å². The normalized spacial score (nSPS) is 11.0. The van der Waals surface area contributed by atoms with Gasteiger partial charge in [0.25, 0.3) is 0 Å². The molecule has 0 bridgehead atoms. The molecule has 0 atom stereocenters. The summed E-state index contributed by atoms with van der Waals surface area (Å²) in [6, 6.07) is 4.67. The van der Waals surface area contributed by atoms with Gasteiger partial charge in [-0.05, 0) is 18.2 Å². The number of anilines is 2. The van der Waals surface area contributed by atoms with Crippen molar-refractivity contribution >= 4 is 40.8 Å². The molecule has 0 heterocycles. The van der Waals surface area contributed by atoms with Crippen LogP contribution in [0.5, 0.6) is 0 Å². The van der Waals surface area contributed by atoms with Gasteiger partial charge in [0.15, 0.2) is 0 Å². The Labute approximate surface area is 145 Å². The van der Waals surface area contributed by atoms with E-state index >= 15 is 0 Å². The van der Waals surface area contributed by atoms with E-state index in [1.165, 1.54) is 20.3 Å². The lowest BCUT2D eigenvalue weighted by molar-refractivity contribution is -0.138. The molecule has 0 aliphatic rings. The minimum atomic E-state index is -0.776. The summed E-state index contributed by atoms with van der Waals surface area (Å²) in [7, 11) is 2.36. The Morgan fingerprint density at radius 2 is 1.75 bits per heavy atom. The lowest BCUT2D eigenvalue weighted by atomic mass is 10.2. The molecule has 0 aliphatic carbocycles. The van der Waals surface area contributed by atoms with Gasteiger partial charge < -0.3 is 20.1 Å². The Balaban J connectivity index is 3.20. The van der Waals surface area contributed by atoms with Crippen molar-refractivity contribution in [3.8, 4) is 0 Å². The number of hydrogen-bond donors (Lipinski definition) is 2. The second-order valence-electron chi connectivity index (χ2n) is 5.03. The van der Waals surface area contributed by atoms with Gasteiger partial charge in [0.1, 0.15) is 5.70 Å². The molecule has 0 aromatic heterocycles. The van der Waals surface area contributed by atoms with Gasteiger partial charge in [-0.1, -0.05) is 25.4 Å². The maximum atomic E-state index is 11.9. The molecule has 0 radical (unpaired) electrons. The number of methoxy groups -OCH3 is 2. The lowest BCUT2D eigenvalue weighted by Crippen LogP contribution is -2.20. The Morgan fingerprint density at radius 1 is 1.08 bits per heavy atom. The van der Waals surface area contributed by atoms with Crippen molar-refractivity contribution in [3.63, 3.8) is 0 Å². The largest absolute Gasteiger partial charge is 0.466 e. The van der Waals surface area contributed by atoms with Crippen LogP contribution in [0.3, 0.4) is 0 Å². The van der Waals surface area contributed by atoms with Crippen molar-refractivity contribution in [1.29, 1.82) is 0 Å². The van der Waals surface area contributed by atoms with E-state index in [1.807, 2.05) is 0 Å². The van der Waals surface area contributed by atoms with E-state index in [9.17, 15) is 14.4 Å². The molecule has 1 rings (SSSR count). The van der Waals surface area contributed by atoms with Crippen molar-refractivity contribution in [2.24, 2.45) is 5.92 Å². The summed E-state index contributed by atoms with van der Waals surface area (Å²) < 4.78 is 9.13. The second kappa shape index (κ2) is 8.93. The minimum Gasteiger partial charge on any atom is -0.466 e. The van der Waals surface area contributed by atoms with Crippen LogP contribution in [0.1, 0.15) is 13.8 Å². The highest BCUT2D eigenvalue weighted by molar-refractivity contribution is 6.31. The van der Waals surface area contributed by atoms with Gasteiger partial charge in [-0.2, -0.15) is 0 Å². The maximum Gasteiger partial charge on any atom is 0.354 e. The van der Waals surface area contributed by atoms with Gasteiger partial charge in [-0.25, -0.2) is 9.59 Å². The predicted molar refractivity (Wildman–Crippen MR) is 90.7 cm³/mol. The summed E-state index contributed by atoms with van der Waals surface area (Å²) in [5, 5.41) is 5.82. The number of esters is 2. The Hall–Kier alpha value is -2.54. The summed E-state index contributed by atoms with van der Waals surface area (Å²) in [6.45, 7) is 3.49. The molecule has 0 saturated heterocycles. The third kappa shape index (κ3) is 5.58. The number of benzene rings is 1. The average molecular weight is 355 g/mol. The third-order valence-corrected chi connectivity index (χ3v) is 3.14. The summed E-state index contributed by atoms with van der Waals surface area (Å²) >= 11 is 5.97. The smallest absolute Gasteiger partial charge is 0.354 e. The molecular weight excluding hydrogens is 336 g/mol. The number of rotatable bonds is 6. The predicted octanol–water partition coefficient (Wildman–Crippen LogP) is 2.58. The number of carbonyl (C=O) groups is 3. The van der Waals surface area contributed by atoms with Gasteiger partial charge in [-0.15, -0.1) is 0 Å². The lowest BCUT2D eigenvalue weighted by Gasteiger charge is -2.15. The van der Waals surface area contributed by atoms with Crippen LogP contribution in [0.4, 0.5) is 11.4 Å². The molecular formula is C16H19ClN2O5. The Kier molecular flexibility index (Phi) is 7.26. The van der Waals surface area contributed by atoms with Crippen LogP contribution in [-0.4, -0.2) is 32.1 Å². The van der Waals surface area contributed by atoms with Crippen LogP contribution in [0.15, 0.2) is 30.0 Å². The zero-order valence-electron chi connectivity index (χ0n) is 13.8. The molecule has 7 nitrogen and oxygen atoms in total. The van der Waals surface area contributed by atoms with E-state index in [0.717, 1.165) is 6.08 Å². The zero-order chi connectivity index (χ0) is 18.3. The van der Waals surface area contributed by atoms with Crippen molar-refractivity contribution in [2.75, 3.05) is 24.9 Å². The highest BCUT2D eigenvalue weighted by Gasteiger charge is 2.16. The molecule has 1 amide bonds. The second-order valence-corrected chi connectivity index (χ2v) is 5.47. The Morgan fingerprint density at radius 3 is 2.29 bits per heavy atom. The van der Waals surface area contributed by atoms with Gasteiger partial charge in [0.2, 0.25) is 5.91 Å². The fourth-order valence-electron chi connectivity index (χ4n) is 1.58. The molecule has 8 heteroatoms. The van der Waals surface area contributed by atoms with Crippen LogP contribution in [0.25, 0.3) is 0 Å². The molecule has 0 saturated carbocycles. The average Bonchev–Trinajstić information content (AvgIpc) is 2.55. The van der Waals surface area contributed by atoms with Gasteiger partial charge in [0.05, 0.1) is 31.7 Å². The van der Waals surface area contributed by atoms with Gasteiger partial charge in [-0.3, -0.25) is 4.79 Å². The fourth-order valence-corrected chi connectivity index (χ4v) is 1.76. The first-order chi connectivity index (χ1) is 11.3. The number of nitrogens with one attached hydrogen (secondary N) is 2. The minimum absolute atomic E-state index is 0.160. The van der Waals surface area contributed by atoms with Crippen LogP contribution in [-0.2, 0) is 23.9 Å². The van der Waals surface area contributed by atoms with Crippen LogP contribution < -0.4 is 10.6 Å². The van der Waals surface area contributed by atoms with E-state index in [1.54, 1.807) is 26.0 Å². The van der Waals surface area contributed by atoms with Crippen molar-refractivity contribution in [3.05, 3.63) is 35.0 Å². The molecule has 130 valence electrons. The molecule has 24 heavy (non-hydrogen) atoms. The van der Waals surface area contributed by atoms with Crippen LogP contribution in [0, 0.1) is 5.92 Å². The maximum absolute atomic E-state index is 11.9. The summed E-state index contributed by atoms with van der Waals surface area (Å²) in [5.74, 6) is -1.96. The number of ether oxygens (including phenoxy) is 2. The first kappa shape index (κ1) is 19.5. The molecule has 1 aromatic carbocycles. The molecule has 0 spiro atoms. The molecule has 2 N–H and O–H groups in total. The molecule has 0 unspecified atom stereocenters. The number of amides is 1. The van der Waals surface area contributed by atoms with E-state index in [4.69, 9.17) is 11.6 Å². The number of halogens is 1. The number of carbonyl (C=O) groups excluding carboxylic acids is 3. The zero-order valence-corrected chi connectivity index (χ0v) is 14.6. The van der Waals surface area contributed by atoms with E-state index in [0.29, 0.717) is 16.4 Å². The summed E-state index contributed by atoms with van der Waals surface area (Å²) in [6.07, 6.45) is 0.945. The van der Waals surface area contributed by atoms with Crippen molar-refractivity contribution < 1.29 is 23.9 Å². The van der Waals surface area contributed by atoms with E-state index in [-0.39, 0.29) is 17.5 Å². The quantitative estimate of drug-likeness (QED) is 0.602. The fraction of sp³-hybridized carbons (Fsp3) is 0.312. The van der Waals surface area contributed by atoms with Crippen molar-refractivity contribution in [2.45, 2.75) is 13.8 Å². The number of hydrogen-bond acceptors (Lipinski definition) is 6. The summed E-state index contributed by atoms with van der Waals surface area (Å²) in [4.78, 5) is 35.1. The third-order valence-electron chi connectivity index (χ3n) is 2.90. The SMILES string of the molecule is COC(=O)/C=C(/Nc1cc(Cl)ccc1NC(=O)C(C)C)C(=O)OC. The highest BCUT2D eigenvalue weighted by Crippen LogP contribution is 2.27. The first-order valence-electron chi connectivity index (χ1n) is 7.03. The van der Waals surface area contributed by atoms with E-state index < -0.39 is 11.9 Å². The molecule has 0 aliphatic heterocycles.